The number of aryl methyl sites for hydroxylation is 1. The van der Waals surface area contributed by atoms with Crippen molar-refractivity contribution in [3.8, 4) is 0 Å². The van der Waals surface area contributed by atoms with Gasteiger partial charge in [-0.3, -0.25) is 4.57 Å². The zero-order chi connectivity index (χ0) is 11.2. The fourth-order valence-corrected chi connectivity index (χ4v) is 4.22. The molecule has 16 heavy (non-hydrogen) atoms. The van der Waals surface area contributed by atoms with E-state index >= 15 is 0 Å². The molecular formula is C14H20OP. The Kier molecular flexibility index (Phi) is 4.54. The van der Waals surface area contributed by atoms with Crippen molar-refractivity contribution in [2.75, 3.05) is 6.16 Å². The third-order valence-electron chi connectivity index (χ3n) is 3.45. The van der Waals surface area contributed by atoms with E-state index in [2.05, 4.69) is 24.3 Å². The summed E-state index contributed by atoms with van der Waals surface area (Å²) in [5, 5.41) is 0. The number of hydrogen-bond acceptors (Lipinski definition) is 1. The summed E-state index contributed by atoms with van der Waals surface area (Å²) in [5.74, 6) is 0. The summed E-state index contributed by atoms with van der Waals surface area (Å²) in [6.45, 7) is 0. The second-order valence-corrected chi connectivity index (χ2v) is 6.68. The van der Waals surface area contributed by atoms with Gasteiger partial charge in [0.2, 0.25) is 0 Å². The molecule has 0 aromatic heterocycles. The first-order valence-electron chi connectivity index (χ1n) is 6.34. The normalized spacial score (nSPS) is 18.4. The minimum Gasteiger partial charge on any atom is -0.287 e. The van der Waals surface area contributed by atoms with Crippen LogP contribution in [-0.4, -0.2) is 11.8 Å². The summed E-state index contributed by atoms with van der Waals surface area (Å²) in [5.41, 5.74) is 1.84. The molecule has 2 heteroatoms. The van der Waals surface area contributed by atoms with Crippen LogP contribution in [0.2, 0.25) is 0 Å². The standard InChI is InChI=1S/C14H20OP/c15-16(14-9-5-2-6-10-14)12-11-13-7-3-1-4-8-13/h1,3-4,7-8,14H,2,5-6,9-12H2. The molecule has 1 saturated carbocycles. The van der Waals surface area contributed by atoms with E-state index < -0.39 is 7.80 Å². The summed E-state index contributed by atoms with van der Waals surface area (Å²) in [7, 11) is -0.972. The van der Waals surface area contributed by atoms with E-state index in [9.17, 15) is 4.57 Å². The van der Waals surface area contributed by atoms with Gasteiger partial charge in [-0.2, -0.15) is 0 Å². The fourth-order valence-electron chi connectivity index (χ4n) is 2.44. The van der Waals surface area contributed by atoms with Crippen molar-refractivity contribution < 1.29 is 4.57 Å². The molecule has 1 radical (unpaired) electrons. The van der Waals surface area contributed by atoms with E-state index in [1.807, 2.05) is 6.07 Å². The van der Waals surface area contributed by atoms with Crippen LogP contribution in [-0.2, 0) is 11.0 Å². The van der Waals surface area contributed by atoms with E-state index in [0.717, 1.165) is 12.6 Å². The van der Waals surface area contributed by atoms with E-state index in [1.54, 1.807) is 0 Å². The molecule has 0 N–H and O–H groups in total. The Morgan fingerprint density at radius 2 is 1.75 bits per heavy atom. The highest BCUT2D eigenvalue weighted by Crippen LogP contribution is 2.38. The molecule has 1 fully saturated rings. The van der Waals surface area contributed by atoms with Gasteiger partial charge in [-0.1, -0.05) is 49.6 Å². The lowest BCUT2D eigenvalue weighted by Gasteiger charge is -2.20. The molecular weight excluding hydrogens is 215 g/mol. The Morgan fingerprint density at radius 1 is 1.06 bits per heavy atom. The molecule has 1 aromatic rings. The van der Waals surface area contributed by atoms with Crippen molar-refractivity contribution in [3.05, 3.63) is 35.9 Å². The van der Waals surface area contributed by atoms with Crippen molar-refractivity contribution in [2.24, 2.45) is 0 Å². The maximum absolute atomic E-state index is 12.1. The number of hydrogen-bond donors (Lipinski definition) is 0. The van der Waals surface area contributed by atoms with Crippen LogP contribution in [0.5, 0.6) is 0 Å². The van der Waals surface area contributed by atoms with Crippen molar-refractivity contribution in [3.63, 3.8) is 0 Å². The Bertz CT molecular complexity index is 328. The second kappa shape index (κ2) is 6.15. The molecule has 1 nitrogen and oxygen atoms in total. The molecule has 2 rings (SSSR count). The van der Waals surface area contributed by atoms with Crippen LogP contribution in [0.3, 0.4) is 0 Å². The van der Waals surface area contributed by atoms with E-state index in [4.69, 9.17) is 0 Å². The van der Waals surface area contributed by atoms with E-state index in [0.29, 0.717) is 5.66 Å². The Morgan fingerprint density at radius 3 is 2.44 bits per heavy atom. The quantitative estimate of drug-likeness (QED) is 0.707. The van der Waals surface area contributed by atoms with Gasteiger partial charge in [0.05, 0.1) is 7.80 Å². The molecule has 0 amide bonds. The van der Waals surface area contributed by atoms with Crippen LogP contribution in [0.4, 0.5) is 0 Å². The zero-order valence-electron chi connectivity index (χ0n) is 9.77. The highest BCUT2D eigenvalue weighted by atomic mass is 31.1. The average Bonchev–Trinajstić information content (AvgIpc) is 2.38. The van der Waals surface area contributed by atoms with Gasteiger partial charge in [0, 0.05) is 11.8 Å². The topological polar surface area (TPSA) is 17.1 Å². The summed E-state index contributed by atoms with van der Waals surface area (Å²) in [6.07, 6.45) is 8.18. The molecule has 87 valence electrons. The Labute approximate surface area is 99.0 Å². The lowest BCUT2D eigenvalue weighted by atomic mass is 10.0. The smallest absolute Gasteiger partial charge is 0.0753 e. The third-order valence-corrected chi connectivity index (χ3v) is 5.44. The van der Waals surface area contributed by atoms with Gasteiger partial charge < -0.3 is 0 Å². The fraction of sp³-hybridized carbons (Fsp3) is 0.571. The SMILES string of the molecule is O=[P](CCc1ccccc1)C1CCCCC1. The van der Waals surface area contributed by atoms with Gasteiger partial charge in [0.1, 0.15) is 0 Å². The van der Waals surface area contributed by atoms with Gasteiger partial charge in [-0.15, -0.1) is 0 Å². The number of rotatable bonds is 4. The maximum Gasteiger partial charge on any atom is 0.0753 e. The van der Waals surface area contributed by atoms with E-state index in [-0.39, 0.29) is 0 Å². The van der Waals surface area contributed by atoms with Gasteiger partial charge in [-0.25, -0.2) is 0 Å². The lowest BCUT2D eigenvalue weighted by Crippen LogP contribution is -2.09. The molecule has 0 bridgehead atoms. The predicted molar refractivity (Wildman–Crippen MR) is 69.5 cm³/mol. The monoisotopic (exact) mass is 235 g/mol. The van der Waals surface area contributed by atoms with Crippen LogP contribution in [0.1, 0.15) is 37.7 Å². The van der Waals surface area contributed by atoms with Crippen molar-refractivity contribution in [2.45, 2.75) is 44.2 Å². The molecule has 1 aliphatic carbocycles. The molecule has 1 aromatic carbocycles. The highest BCUT2D eigenvalue weighted by molar-refractivity contribution is 7.45. The summed E-state index contributed by atoms with van der Waals surface area (Å²) in [6, 6.07) is 10.4. The molecule has 0 heterocycles. The van der Waals surface area contributed by atoms with Gasteiger partial charge >= 0.3 is 0 Å². The highest BCUT2D eigenvalue weighted by Gasteiger charge is 2.19. The molecule has 0 saturated heterocycles. The summed E-state index contributed by atoms with van der Waals surface area (Å²) >= 11 is 0. The summed E-state index contributed by atoms with van der Waals surface area (Å²) in [4.78, 5) is 0. The molecule has 0 aliphatic heterocycles. The minimum absolute atomic E-state index is 0.521. The maximum atomic E-state index is 12.1. The first-order valence-corrected chi connectivity index (χ1v) is 7.85. The molecule has 0 spiro atoms. The molecule has 1 unspecified atom stereocenters. The van der Waals surface area contributed by atoms with Crippen LogP contribution in [0.25, 0.3) is 0 Å². The first kappa shape index (κ1) is 11.8. The van der Waals surface area contributed by atoms with Crippen molar-refractivity contribution >= 4 is 7.80 Å². The average molecular weight is 235 g/mol. The van der Waals surface area contributed by atoms with E-state index in [1.165, 1.54) is 37.7 Å². The molecule has 1 atom stereocenters. The van der Waals surface area contributed by atoms with Crippen LogP contribution in [0.15, 0.2) is 30.3 Å². The zero-order valence-corrected chi connectivity index (χ0v) is 10.7. The van der Waals surface area contributed by atoms with Crippen LogP contribution in [0, 0.1) is 0 Å². The predicted octanol–water partition coefficient (Wildman–Crippen LogP) is 4.39. The Hall–Kier alpha value is -0.680. The second-order valence-electron chi connectivity index (χ2n) is 4.67. The van der Waals surface area contributed by atoms with Crippen molar-refractivity contribution in [1.29, 1.82) is 0 Å². The first-order chi connectivity index (χ1) is 7.86. The third kappa shape index (κ3) is 3.42. The molecule has 1 aliphatic rings. The van der Waals surface area contributed by atoms with Crippen molar-refractivity contribution in [1.82, 2.24) is 0 Å². The van der Waals surface area contributed by atoms with Crippen LogP contribution < -0.4 is 0 Å². The van der Waals surface area contributed by atoms with Gasteiger partial charge in [0.25, 0.3) is 0 Å². The number of benzene rings is 1. The van der Waals surface area contributed by atoms with Crippen LogP contribution >= 0.6 is 7.80 Å². The largest absolute Gasteiger partial charge is 0.287 e. The lowest BCUT2D eigenvalue weighted by molar-refractivity contribution is 0.491. The van der Waals surface area contributed by atoms with Gasteiger partial charge in [0.15, 0.2) is 0 Å². The van der Waals surface area contributed by atoms with Gasteiger partial charge in [-0.05, 0) is 24.8 Å². The Balaban J connectivity index is 1.79. The minimum atomic E-state index is -0.972. The summed E-state index contributed by atoms with van der Waals surface area (Å²) < 4.78 is 12.1.